The van der Waals surface area contributed by atoms with Gasteiger partial charge in [0.1, 0.15) is 11.1 Å². The van der Waals surface area contributed by atoms with E-state index in [1.807, 2.05) is 12.1 Å². The van der Waals surface area contributed by atoms with Crippen LogP contribution in [0.1, 0.15) is 47.0 Å². The van der Waals surface area contributed by atoms with E-state index < -0.39 is 0 Å². The number of aromatic nitrogens is 4. The van der Waals surface area contributed by atoms with Crippen LogP contribution in [0.5, 0.6) is 0 Å². The number of amides is 1. The summed E-state index contributed by atoms with van der Waals surface area (Å²) in [5.41, 5.74) is 3.44. The van der Waals surface area contributed by atoms with E-state index >= 15 is 0 Å². The van der Waals surface area contributed by atoms with Crippen LogP contribution < -0.4 is 5.32 Å². The molecule has 0 aliphatic heterocycles. The summed E-state index contributed by atoms with van der Waals surface area (Å²) in [6, 6.07) is 7.75. The van der Waals surface area contributed by atoms with E-state index in [1.165, 1.54) is 28.0 Å². The molecule has 5 rings (SSSR count). The average Bonchev–Trinajstić information content (AvgIpc) is 3.52. The number of fused-ring (bicyclic) bond motifs is 2. The number of H-pyrrole nitrogens is 1. The summed E-state index contributed by atoms with van der Waals surface area (Å²) >= 11 is 8.99. The van der Waals surface area contributed by atoms with E-state index in [4.69, 9.17) is 16.1 Å². The third-order valence-electron chi connectivity index (χ3n) is 5.37. The summed E-state index contributed by atoms with van der Waals surface area (Å²) in [6.45, 7) is 0. The number of aryl methyl sites for hydroxylation is 2. The molecule has 33 heavy (non-hydrogen) atoms. The molecule has 3 heterocycles. The van der Waals surface area contributed by atoms with E-state index in [9.17, 15) is 10.1 Å². The van der Waals surface area contributed by atoms with E-state index in [-0.39, 0.29) is 12.3 Å². The summed E-state index contributed by atoms with van der Waals surface area (Å²) in [6.07, 6.45) is 4.65. The van der Waals surface area contributed by atoms with Gasteiger partial charge in [-0.15, -0.1) is 11.3 Å². The SMILES string of the molecule is N#Cc1c(NC(=O)CCc2nc(CSc3nc4ccc(Cl)cc4[nH]3)no2)sc2c1CCCC2. The van der Waals surface area contributed by atoms with Crippen LogP contribution in [0, 0.1) is 11.3 Å². The van der Waals surface area contributed by atoms with E-state index in [0.717, 1.165) is 47.4 Å². The lowest BCUT2D eigenvalue weighted by Gasteiger charge is -2.09. The van der Waals surface area contributed by atoms with Gasteiger partial charge in [0.25, 0.3) is 0 Å². The molecule has 1 amide bonds. The second-order valence-electron chi connectivity index (χ2n) is 7.67. The first-order valence-corrected chi connectivity index (χ1v) is 12.7. The van der Waals surface area contributed by atoms with Gasteiger partial charge in [0, 0.05) is 22.7 Å². The third-order valence-corrected chi connectivity index (χ3v) is 7.68. The fourth-order valence-corrected chi connectivity index (χ4v) is 5.95. The number of thioether (sulfide) groups is 1. The highest BCUT2D eigenvalue weighted by molar-refractivity contribution is 7.98. The smallest absolute Gasteiger partial charge is 0.227 e. The Labute approximate surface area is 202 Å². The number of anilines is 1. The van der Waals surface area contributed by atoms with Gasteiger partial charge in [-0.1, -0.05) is 28.5 Å². The molecule has 168 valence electrons. The van der Waals surface area contributed by atoms with E-state index in [2.05, 4.69) is 31.5 Å². The van der Waals surface area contributed by atoms with Crippen molar-refractivity contribution in [2.45, 2.75) is 49.4 Å². The number of benzene rings is 1. The highest BCUT2D eigenvalue weighted by Crippen LogP contribution is 2.37. The Hall–Kier alpha value is -2.87. The van der Waals surface area contributed by atoms with Crippen molar-refractivity contribution in [1.82, 2.24) is 20.1 Å². The molecule has 2 N–H and O–H groups in total. The fraction of sp³-hybridized carbons (Fsp3) is 0.318. The normalized spacial score (nSPS) is 13.1. The number of hydrogen-bond donors (Lipinski definition) is 2. The van der Waals surface area contributed by atoms with Crippen molar-refractivity contribution in [1.29, 1.82) is 5.26 Å². The summed E-state index contributed by atoms with van der Waals surface area (Å²) < 4.78 is 5.29. The monoisotopic (exact) mass is 498 g/mol. The number of rotatable bonds is 7. The van der Waals surface area contributed by atoms with Crippen LogP contribution in [0.15, 0.2) is 27.9 Å². The van der Waals surface area contributed by atoms with Crippen LogP contribution in [0.2, 0.25) is 5.02 Å². The Balaban J connectivity index is 1.14. The maximum Gasteiger partial charge on any atom is 0.227 e. The topological polar surface area (TPSA) is 120 Å². The van der Waals surface area contributed by atoms with Crippen molar-refractivity contribution in [2.75, 3.05) is 5.32 Å². The first-order chi connectivity index (χ1) is 16.1. The van der Waals surface area contributed by atoms with Crippen molar-refractivity contribution in [3.8, 4) is 6.07 Å². The molecule has 8 nitrogen and oxygen atoms in total. The van der Waals surface area contributed by atoms with Crippen molar-refractivity contribution in [2.24, 2.45) is 0 Å². The van der Waals surface area contributed by atoms with Crippen LogP contribution in [0.3, 0.4) is 0 Å². The van der Waals surface area contributed by atoms with Crippen molar-refractivity contribution in [3.05, 3.63) is 50.9 Å². The molecular formula is C22H19ClN6O2S2. The molecule has 1 aliphatic carbocycles. The zero-order valence-corrected chi connectivity index (χ0v) is 19.9. The summed E-state index contributed by atoms with van der Waals surface area (Å²) in [4.78, 5) is 25.8. The maximum atomic E-state index is 12.5. The summed E-state index contributed by atoms with van der Waals surface area (Å²) in [5, 5.41) is 18.5. The van der Waals surface area contributed by atoms with Gasteiger partial charge in [-0.3, -0.25) is 4.79 Å². The zero-order valence-electron chi connectivity index (χ0n) is 17.5. The Morgan fingerprint density at radius 2 is 2.21 bits per heavy atom. The van der Waals surface area contributed by atoms with Gasteiger partial charge in [0.05, 0.1) is 22.3 Å². The van der Waals surface area contributed by atoms with E-state index in [1.54, 1.807) is 6.07 Å². The standard InChI is InChI=1S/C22H19ClN6O2S2/c23-12-5-6-15-16(9-12)26-22(25-15)32-11-18-27-20(31-29-18)8-7-19(30)28-21-14(10-24)13-3-1-2-4-17(13)33-21/h5-6,9H,1-4,7-8,11H2,(H,25,26)(H,28,30). The lowest BCUT2D eigenvalue weighted by atomic mass is 9.96. The minimum absolute atomic E-state index is 0.167. The van der Waals surface area contributed by atoms with Crippen molar-refractivity contribution < 1.29 is 9.32 Å². The highest BCUT2D eigenvalue weighted by atomic mass is 35.5. The van der Waals surface area contributed by atoms with Crippen molar-refractivity contribution >= 4 is 56.6 Å². The molecule has 1 aliphatic rings. The fourth-order valence-electron chi connectivity index (χ4n) is 3.79. The molecule has 0 saturated carbocycles. The van der Waals surface area contributed by atoms with Crippen LogP contribution in [0.4, 0.5) is 5.00 Å². The molecule has 0 spiro atoms. The number of thiophene rings is 1. The lowest BCUT2D eigenvalue weighted by Crippen LogP contribution is -2.12. The van der Waals surface area contributed by atoms with Crippen LogP contribution in [-0.2, 0) is 29.8 Å². The Morgan fingerprint density at radius 1 is 1.33 bits per heavy atom. The summed E-state index contributed by atoms with van der Waals surface area (Å²) in [7, 11) is 0. The van der Waals surface area contributed by atoms with Gasteiger partial charge in [-0.2, -0.15) is 10.2 Å². The second-order valence-corrected chi connectivity index (χ2v) is 10.2. The highest BCUT2D eigenvalue weighted by Gasteiger charge is 2.22. The molecule has 0 saturated heterocycles. The number of imidazole rings is 1. The minimum Gasteiger partial charge on any atom is -0.339 e. The van der Waals surface area contributed by atoms with Crippen LogP contribution >= 0.6 is 34.7 Å². The van der Waals surface area contributed by atoms with Gasteiger partial charge in [-0.25, -0.2) is 4.98 Å². The summed E-state index contributed by atoms with van der Waals surface area (Å²) in [5.74, 6) is 1.25. The van der Waals surface area contributed by atoms with Gasteiger partial charge in [0.2, 0.25) is 11.8 Å². The number of carbonyl (C=O) groups excluding carboxylic acids is 1. The maximum absolute atomic E-state index is 12.5. The van der Waals surface area contributed by atoms with Gasteiger partial charge < -0.3 is 14.8 Å². The van der Waals surface area contributed by atoms with Crippen molar-refractivity contribution in [3.63, 3.8) is 0 Å². The second kappa shape index (κ2) is 9.55. The number of nitriles is 1. The molecule has 4 aromatic rings. The first-order valence-electron chi connectivity index (χ1n) is 10.5. The van der Waals surface area contributed by atoms with Gasteiger partial charge in [-0.05, 0) is 49.4 Å². The lowest BCUT2D eigenvalue weighted by molar-refractivity contribution is -0.116. The first kappa shape index (κ1) is 21.9. The molecule has 0 radical (unpaired) electrons. The third kappa shape index (κ3) is 4.90. The number of aromatic amines is 1. The number of hydrogen-bond acceptors (Lipinski definition) is 8. The quantitative estimate of drug-likeness (QED) is 0.333. The molecule has 3 aromatic heterocycles. The zero-order chi connectivity index (χ0) is 22.8. The molecule has 0 fully saturated rings. The van der Waals surface area contributed by atoms with Gasteiger partial charge in [0.15, 0.2) is 11.0 Å². The molecule has 0 atom stereocenters. The Morgan fingerprint density at radius 3 is 3.09 bits per heavy atom. The number of nitrogens with one attached hydrogen (secondary N) is 2. The van der Waals surface area contributed by atoms with Crippen LogP contribution in [0.25, 0.3) is 11.0 Å². The number of carbonyl (C=O) groups is 1. The predicted molar refractivity (Wildman–Crippen MR) is 128 cm³/mol. The molecule has 1 aromatic carbocycles. The molecule has 11 heteroatoms. The number of nitrogens with zero attached hydrogens (tertiary/aromatic N) is 4. The molecule has 0 bridgehead atoms. The van der Waals surface area contributed by atoms with Crippen LogP contribution in [-0.4, -0.2) is 26.0 Å². The van der Waals surface area contributed by atoms with E-state index in [0.29, 0.717) is 39.5 Å². The van der Waals surface area contributed by atoms with Gasteiger partial charge >= 0.3 is 0 Å². The largest absolute Gasteiger partial charge is 0.339 e. The Bertz CT molecular complexity index is 1370. The predicted octanol–water partition coefficient (Wildman–Crippen LogP) is 5.27. The molecular weight excluding hydrogens is 480 g/mol. The average molecular weight is 499 g/mol. The molecule has 0 unspecified atom stereocenters. The minimum atomic E-state index is -0.167. The number of halogens is 1. The Kier molecular flexibility index (Phi) is 6.35.